The topological polar surface area (TPSA) is 97.9 Å². The highest BCUT2D eigenvalue weighted by atomic mass is 16.5. The van der Waals surface area contributed by atoms with Gasteiger partial charge >= 0.3 is 0 Å². The molecule has 1 amide bonds. The molecule has 8 heteroatoms. The molecule has 0 aliphatic carbocycles. The van der Waals surface area contributed by atoms with Gasteiger partial charge in [0.2, 0.25) is 0 Å². The van der Waals surface area contributed by atoms with E-state index in [1.54, 1.807) is 18.7 Å². The van der Waals surface area contributed by atoms with E-state index in [1.807, 2.05) is 24.8 Å². The summed E-state index contributed by atoms with van der Waals surface area (Å²) in [4.78, 5) is 31.3. The van der Waals surface area contributed by atoms with Crippen molar-refractivity contribution in [1.82, 2.24) is 30.0 Å². The number of aromatic nitrogens is 5. The number of aryl methyl sites for hydroxylation is 2. The van der Waals surface area contributed by atoms with Gasteiger partial charge in [-0.25, -0.2) is 19.9 Å². The fourth-order valence-electron chi connectivity index (χ4n) is 3.80. The minimum absolute atomic E-state index is 0.00982. The predicted octanol–water partition coefficient (Wildman–Crippen LogP) is 2.63. The van der Waals surface area contributed by atoms with E-state index in [2.05, 4.69) is 25.1 Å². The average molecular weight is 378 g/mol. The molecule has 144 valence electrons. The summed E-state index contributed by atoms with van der Waals surface area (Å²) in [5.41, 5.74) is 4.07. The zero-order chi connectivity index (χ0) is 19.5. The molecule has 8 nitrogen and oxygen atoms in total. The SMILES string of the molecule is Cc1noc(C)c1-c1cc(C[C@H]2CCCN(C(=O)c3cncnc3)C2)ncn1. The Balaban J connectivity index is 1.47. The minimum Gasteiger partial charge on any atom is -0.361 e. The average Bonchev–Trinajstić information content (AvgIpc) is 3.06. The van der Waals surface area contributed by atoms with Crippen molar-refractivity contribution in [2.45, 2.75) is 33.1 Å². The summed E-state index contributed by atoms with van der Waals surface area (Å²) in [6.07, 6.45) is 9.00. The first-order valence-electron chi connectivity index (χ1n) is 9.40. The molecule has 28 heavy (non-hydrogen) atoms. The van der Waals surface area contributed by atoms with Gasteiger partial charge in [-0.05, 0) is 45.1 Å². The Morgan fingerprint density at radius 1 is 1.21 bits per heavy atom. The van der Waals surface area contributed by atoms with Gasteiger partial charge in [-0.2, -0.15) is 0 Å². The molecule has 1 aliphatic heterocycles. The smallest absolute Gasteiger partial charge is 0.256 e. The Hall–Kier alpha value is -3.16. The molecule has 1 aliphatic rings. The van der Waals surface area contributed by atoms with E-state index in [0.717, 1.165) is 54.2 Å². The molecule has 0 saturated carbocycles. The Bertz CT molecular complexity index is 952. The molecular formula is C20H22N6O2. The van der Waals surface area contributed by atoms with Crippen molar-refractivity contribution in [1.29, 1.82) is 0 Å². The zero-order valence-electron chi connectivity index (χ0n) is 16.0. The molecule has 0 radical (unpaired) electrons. The quantitative estimate of drug-likeness (QED) is 0.688. The van der Waals surface area contributed by atoms with Crippen LogP contribution in [0.4, 0.5) is 0 Å². The third-order valence-corrected chi connectivity index (χ3v) is 5.12. The standard InChI is InChI=1S/C20H22N6O2/c1-13-19(14(2)28-25-13)18-7-17(23-12-24-18)6-15-4-3-5-26(10-15)20(27)16-8-21-11-22-9-16/h7-9,11-12,15H,3-6,10H2,1-2H3/t15-/m1/s1. The van der Waals surface area contributed by atoms with Crippen LogP contribution in [0.5, 0.6) is 0 Å². The summed E-state index contributed by atoms with van der Waals surface area (Å²) in [5.74, 6) is 1.10. The van der Waals surface area contributed by atoms with Crippen molar-refractivity contribution in [3.8, 4) is 11.3 Å². The number of nitrogens with zero attached hydrogens (tertiary/aromatic N) is 6. The van der Waals surface area contributed by atoms with E-state index in [0.29, 0.717) is 18.0 Å². The molecule has 1 fully saturated rings. The Kier molecular flexibility index (Phi) is 5.10. The van der Waals surface area contributed by atoms with E-state index >= 15 is 0 Å². The second-order valence-electron chi connectivity index (χ2n) is 7.18. The summed E-state index contributed by atoms with van der Waals surface area (Å²) in [7, 11) is 0. The van der Waals surface area contributed by atoms with Crippen LogP contribution in [-0.4, -0.2) is 49.0 Å². The second-order valence-corrected chi connectivity index (χ2v) is 7.18. The first kappa shape index (κ1) is 18.2. The molecule has 4 rings (SSSR count). The van der Waals surface area contributed by atoms with E-state index < -0.39 is 0 Å². The van der Waals surface area contributed by atoms with Gasteiger partial charge in [-0.1, -0.05) is 5.16 Å². The third kappa shape index (κ3) is 3.76. The van der Waals surface area contributed by atoms with E-state index in [1.165, 1.54) is 6.33 Å². The molecule has 0 unspecified atom stereocenters. The van der Waals surface area contributed by atoms with Crippen LogP contribution in [0, 0.1) is 19.8 Å². The molecule has 0 N–H and O–H groups in total. The van der Waals surface area contributed by atoms with Crippen molar-refractivity contribution in [3.05, 3.63) is 53.8 Å². The fraction of sp³-hybridized carbons (Fsp3) is 0.400. The lowest BCUT2D eigenvalue weighted by Gasteiger charge is -2.32. The Morgan fingerprint density at radius 2 is 2.04 bits per heavy atom. The summed E-state index contributed by atoms with van der Waals surface area (Å²) >= 11 is 0. The van der Waals surface area contributed by atoms with Crippen molar-refractivity contribution in [3.63, 3.8) is 0 Å². The van der Waals surface area contributed by atoms with Gasteiger partial charge in [0.15, 0.2) is 0 Å². The fourth-order valence-corrected chi connectivity index (χ4v) is 3.80. The number of hydrogen-bond acceptors (Lipinski definition) is 7. The number of carbonyl (C=O) groups excluding carboxylic acids is 1. The summed E-state index contributed by atoms with van der Waals surface area (Å²) in [5, 5.41) is 4.01. The third-order valence-electron chi connectivity index (χ3n) is 5.12. The van der Waals surface area contributed by atoms with Gasteiger partial charge in [0.05, 0.1) is 22.5 Å². The van der Waals surface area contributed by atoms with Crippen LogP contribution in [0.25, 0.3) is 11.3 Å². The molecule has 0 bridgehead atoms. The normalized spacial score (nSPS) is 16.9. The van der Waals surface area contributed by atoms with Gasteiger partial charge in [0.25, 0.3) is 5.91 Å². The van der Waals surface area contributed by atoms with Gasteiger partial charge in [0, 0.05) is 31.2 Å². The maximum absolute atomic E-state index is 12.7. The summed E-state index contributed by atoms with van der Waals surface area (Å²) in [6, 6.07) is 2.00. The predicted molar refractivity (Wildman–Crippen MR) is 101 cm³/mol. The minimum atomic E-state index is -0.00982. The lowest BCUT2D eigenvalue weighted by Crippen LogP contribution is -2.40. The number of hydrogen-bond donors (Lipinski definition) is 0. The highest BCUT2D eigenvalue weighted by molar-refractivity contribution is 5.93. The molecular weight excluding hydrogens is 356 g/mol. The number of piperidine rings is 1. The van der Waals surface area contributed by atoms with Gasteiger partial charge in [-0.15, -0.1) is 0 Å². The van der Waals surface area contributed by atoms with Gasteiger partial charge in [-0.3, -0.25) is 4.79 Å². The van der Waals surface area contributed by atoms with Gasteiger partial charge < -0.3 is 9.42 Å². The number of amides is 1. The van der Waals surface area contributed by atoms with Crippen LogP contribution in [0.3, 0.4) is 0 Å². The summed E-state index contributed by atoms with van der Waals surface area (Å²) in [6.45, 7) is 5.26. The van der Waals surface area contributed by atoms with Crippen molar-refractivity contribution >= 4 is 5.91 Å². The first-order chi connectivity index (χ1) is 13.6. The highest BCUT2D eigenvalue weighted by Crippen LogP contribution is 2.27. The zero-order valence-corrected chi connectivity index (χ0v) is 16.0. The Labute approximate surface area is 163 Å². The molecule has 1 saturated heterocycles. The van der Waals surface area contributed by atoms with Crippen LogP contribution in [-0.2, 0) is 6.42 Å². The van der Waals surface area contributed by atoms with Gasteiger partial charge in [0.1, 0.15) is 18.4 Å². The number of rotatable bonds is 4. The molecule has 1 atom stereocenters. The molecule has 0 spiro atoms. The molecule has 3 aromatic heterocycles. The number of likely N-dealkylation sites (tertiary alicyclic amines) is 1. The van der Waals surface area contributed by atoms with Crippen molar-refractivity contribution in [2.24, 2.45) is 5.92 Å². The van der Waals surface area contributed by atoms with Crippen LogP contribution in [0.1, 0.15) is 40.3 Å². The van der Waals surface area contributed by atoms with Crippen LogP contribution < -0.4 is 0 Å². The van der Waals surface area contributed by atoms with Crippen LogP contribution in [0.2, 0.25) is 0 Å². The van der Waals surface area contributed by atoms with E-state index in [-0.39, 0.29) is 5.91 Å². The molecule has 0 aromatic carbocycles. The molecule has 3 aromatic rings. The van der Waals surface area contributed by atoms with E-state index in [4.69, 9.17) is 4.52 Å². The highest BCUT2D eigenvalue weighted by Gasteiger charge is 2.25. The lowest BCUT2D eigenvalue weighted by molar-refractivity contribution is 0.0672. The van der Waals surface area contributed by atoms with Crippen molar-refractivity contribution < 1.29 is 9.32 Å². The molecule has 4 heterocycles. The second kappa shape index (κ2) is 7.84. The monoisotopic (exact) mass is 378 g/mol. The lowest BCUT2D eigenvalue weighted by atomic mass is 9.92. The maximum atomic E-state index is 12.7. The largest absolute Gasteiger partial charge is 0.361 e. The van der Waals surface area contributed by atoms with Crippen LogP contribution >= 0.6 is 0 Å². The van der Waals surface area contributed by atoms with Crippen LogP contribution in [0.15, 0.2) is 35.6 Å². The Morgan fingerprint density at radius 3 is 2.79 bits per heavy atom. The maximum Gasteiger partial charge on any atom is 0.256 e. The first-order valence-corrected chi connectivity index (χ1v) is 9.40. The van der Waals surface area contributed by atoms with Crippen molar-refractivity contribution in [2.75, 3.05) is 13.1 Å². The summed E-state index contributed by atoms with van der Waals surface area (Å²) < 4.78 is 5.26. The van der Waals surface area contributed by atoms with E-state index in [9.17, 15) is 4.79 Å². The number of carbonyl (C=O) groups is 1.